The second-order valence-corrected chi connectivity index (χ2v) is 13.0. The van der Waals surface area contributed by atoms with Crippen LogP contribution in [0.1, 0.15) is 55.3 Å². The number of anilines is 4. The van der Waals surface area contributed by atoms with Gasteiger partial charge >= 0.3 is 0 Å². The zero-order valence-electron chi connectivity index (χ0n) is 21.6. The molecule has 9 nitrogen and oxygen atoms in total. The highest BCUT2D eigenvalue weighted by Gasteiger charge is 2.44. The number of sulfonamides is 1. The normalized spacial score (nSPS) is 21.8. The number of piperidine rings is 2. The van der Waals surface area contributed by atoms with Gasteiger partial charge < -0.3 is 25.0 Å². The Morgan fingerprint density at radius 3 is 2.63 bits per heavy atom. The number of aliphatic hydroxyl groups excluding tert-OH is 1. The minimum Gasteiger partial charge on any atom is -0.487 e. The van der Waals surface area contributed by atoms with Crippen LogP contribution in [0, 0.1) is 5.41 Å². The zero-order valence-corrected chi connectivity index (χ0v) is 22.4. The number of carbonyl (C=O) groups excluding carboxylic acids is 1. The summed E-state index contributed by atoms with van der Waals surface area (Å²) in [6.45, 7) is 2.80. The van der Waals surface area contributed by atoms with E-state index in [1.807, 2.05) is 12.1 Å². The maximum absolute atomic E-state index is 13.7. The lowest BCUT2D eigenvalue weighted by atomic mass is 9.93. The van der Waals surface area contributed by atoms with Gasteiger partial charge in [-0.1, -0.05) is 6.07 Å². The Morgan fingerprint density at radius 2 is 1.87 bits per heavy atom. The van der Waals surface area contributed by atoms with Gasteiger partial charge in [0.2, 0.25) is 10.0 Å². The molecule has 3 N–H and O–H groups in total. The van der Waals surface area contributed by atoms with Gasteiger partial charge in [0.05, 0.1) is 46.7 Å². The van der Waals surface area contributed by atoms with Crippen LogP contribution < -0.4 is 24.6 Å². The summed E-state index contributed by atoms with van der Waals surface area (Å²) in [6.07, 6.45) is 8.17. The first-order valence-corrected chi connectivity index (χ1v) is 15.4. The fourth-order valence-corrected chi connectivity index (χ4v) is 6.99. The Kier molecular flexibility index (Phi) is 6.63. The number of benzene rings is 2. The number of nitrogens with one attached hydrogen (secondary N) is 2. The first-order valence-electron chi connectivity index (χ1n) is 13.7. The van der Waals surface area contributed by atoms with E-state index in [0.717, 1.165) is 51.0 Å². The van der Waals surface area contributed by atoms with Crippen LogP contribution in [-0.2, 0) is 10.0 Å². The lowest BCUT2D eigenvalue weighted by molar-refractivity contribution is 0.102. The molecule has 10 heteroatoms. The molecule has 3 heterocycles. The molecule has 1 aliphatic carbocycles. The molecule has 204 valence electrons. The average Bonchev–Trinajstić information content (AvgIpc) is 3.67. The van der Waals surface area contributed by atoms with Gasteiger partial charge in [0.25, 0.3) is 5.91 Å². The summed E-state index contributed by atoms with van der Waals surface area (Å²) in [5.41, 5.74) is 3.72. The van der Waals surface area contributed by atoms with Crippen molar-refractivity contribution in [1.82, 2.24) is 0 Å². The average molecular weight is 541 g/mol. The molecule has 38 heavy (non-hydrogen) atoms. The van der Waals surface area contributed by atoms with Gasteiger partial charge in [-0.15, -0.1) is 0 Å². The predicted octanol–water partition coefficient (Wildman–Crippen LogP) is 3.80. The minimum atomic E-state index is -3.68. The molecule has 0 aromatic heterocycles. The molecule has 1 amide bonds. The molecule has 1 atom stereocenters. The van der Waals surface area contributed by atoms with Gasteiger partial charge in [-0.2, -0.15) is 0 Å². The standard InChI is InChI=1S/C28H36N4O5S/c33-16-17-38(35,36)30-20-7-8-22(25(18-20)31-14-11-28(9-10-28)12-15-31)27(34)29-23-5-3-6-24-26(23)37-19-21-4-1-2-13-32(21)24/h3,5-8,18,21,30,33H,1-2,4,9-17,19H2,(H,29,34)/t21-/m0/s1. The number of nitrogens with zero attached hydrogens (tertiary/aromatic N) is 2. The summed E-state index contributed by atoms with van der Waals surface area (Å²) in [7, 11) is -3.68. The Hall–Kier alpha value is -2.98. The van der Waals surface area contributed by atoms with Gasteiger partial charge in [0, 0.05) is 19.6 Å². The van der Waals surface area contributed by atoms with Crippen molar-refractivity contribution in [3.63, 3.8) is 0 Å². The summed E-state index contributed by atoms with van der Waals surface area (Å²) in [6, 6.07) is 11.3. The molecule has 2 saturated heterocycles. The highest BCUT2D eigenvalue weighted by atomic mass is 32.2. The van der Waals surface area contributed by atoms with E-state index < -0.39 is 16.6 Å². The number of para-hydroxylation sites is 1. The van der Waals surface area contributed by atoms with Gasteiger partial charge in [-0.3, -0.25) is 9.52 Å². The van der Waals surface area contributed by atoms with Gasteiger partial charge in [0.1, 0.15) is 6.61 Å². The Labute approximate surface area is 224 Å². The minimum absolute atomic E-state index is 0.255. The van der Waals surface area contributed by atoms with Crippen LogP contribution in [0.15, 0.2) is 36.4 Å². The van der Waals surface area contributed by atoms with Crippen molar-refractivity contribution >= 4 is 38.7 Å². The molecule has 2 aromatic rings. The van der Waals surface area contributed by atoms with Crippen molar-refractivity contribution in [3.8, 4) is 5.75 Å². The van der Waals surface area contributed by atoms with Crippen LogP contribution in [0.3, 0.4) is 0 Å². The number of rotatable bonds is 7. The maximum Gasteiger partial charge on any atom is 0.257 e. The lowest BCUT2D eigenvalue weighted by Crippen LogP contribution is -2.46. The molecular formula is C28H36N4O5S. The summed E-state index contributed by atoms with van der Waals surface area (Å²) >= 11 is 0. The number of hydrogen-bond acceptors (Lipinski definition) is 7. The molecule has 3 aliphatic heterocycles. The van der Waals surface area contributed by atoms with Crippen molar-refractivity contribution in [2.24, 2.45) is 5.41 Å². The second kappa shape index (κ2) is 9.96. The van der Waals surface area contributed by atoms with E-state index in [9.17, 15) is 13.2 Å². The van der Waals surface area contributed by atoms with Gasteiger partial charge in [-0.05, 0) is 80.7 Å². The monoisotopic (exact) mass is 540 g/mol. The summed E-state index contributed by atoms with van der Waals surface area (Å²) in [4.78, 5) is 18.3. The van der Waals surface area contributed by atoms with Crippen molar-refractivity contribution < 1.29 is 23.1 Å². The largest absolute Gasteiger partial charge is 0.487 e. The number of carbonyl (C=O) groups is 1. The van der Waals surface area contributed by atoms with Gasteiger partial charge in [0.15, 0.2) is 5.75 Å². The molecule has 4 aliphatic rings. The molecule has 3 fully saturated rings. The highest BCUT2D eigenvalue weighted by Crippen LogP contribution is 2.54. The molecule has 2 aromatic carbocycles. The van der Waals surface area contributed by atoms with Crippen LogP contribution in [0.25, 0.3) is 0 Å². The van der Waals surface area contributed by atoms with E-state index in [1.165, 1.54) is 19.3 Å². The van der Waals surface area contributed by atoms with E-state index in [1.54, 1.807) is 18.2 Å². The van der Waals surface area contributed by atoms with E-state index >= 15 is 0 Å². The molecule has 1 saturated carbocycles. The van der Waals surface area contributed by atoms with Gasteiger partial charge in [-0.25, -0.2) is 8.42 Å². The van der Waals surface area contributed by atoms with Crippen molar-refractivity contribution in [2.45, 2.75) is 51.0 Å². The number of hydrogen-bond donors (Lipinski definition) is 3. The van der Waals surface area contributed by atoms with Crippen molar-refractivity contribution in [2.75, 3.05) is 58.4 Å². The van der Waals surface area contributed by atoms with Crippen LogP contribution in [-0.4, -0.2) is 64.1 Å². The second-order valence-electron chi connectivity index (χ2n) is 11.1. The Morgan fingerprint density at radius 1 is 1.05 bits per heavy atom. The first-order chi connectivity index (χ1) is 18.4. The topological polar surface area (TPSA) is 111 Å². The van der Waals surface area contributed by atoms with Crippen LogP contribution >= 0.6 is 0 Å². The SMILES string of the molecule is O=C(Nc1cccc2c1OC[C@@H]1CCCCN21)c1ccc(NS(=O)(=O)CCO)cc1N1CCC2(CC1)CC2. The molecule has 0 unspecified atom stereocenters. The van der Waals surface area contributed by atoms with Crippen LogP contribution in [0.2, 0.25) is 0 Å². The molecular weight excluding hydrogens is 504 g/mol. The van der Waals surface area contributed by atoms with E-state index in [2.05, 4.69) is 25.9 Å². The third-order valence-electron chi connectivity index (χ3n) is 8.60. The van der Waals surface area contributed by atoms with Crippen LogP contribution in [0.5, 0.6) is 5.75 Å². The fourth-order valence-electron chi connectivity index (χ4n) is 6.16. The number of ether oxygens (including phenoxy) is 1. The predicted molar refractivity (Wildman–Crippen MR) is 149 cm³/mol. The van der Waals surface area contributed by atoms with Crippen molar-refractivity contribution in [3.05, 3.63) is 42.0 Å². The lowest BCUT2D eigenvalue weighted by Gasteiger charge is -2.42. The Balaban J connectivity index is 1.28. The third kappa shape index (κ3) is 5.03. The fraction of sp³-hybridized carbons (Fsp3) is 0.536. The number of fused-ring (bicyclic) bond motifs is 3. The van der Waals surface area contributed by atoms with E-state index in [0.29, 0.717) is 46.4 Å². The number of aliphatic hydroxyl groups is 1. The van der Waals surface area contributed by atoms with Crippen LogP contribution in [0.4, 0.5) is 22.7 Å². The highest BCUT2D eigenvalue weighted by molar-refractivity contribution is 7.92. The van der Waals surface area contributed by atoms with E-state index in [4.69, 9.17) is 9.84 Å². The Bertz CT molecular complexity index is 1320. The summed E-state index contributed by atoms with van der Waals surface area (Å²) in [5.74, 6) is 0.0742. The summed E-state index contributed by atoms with van der Waals surface area (Å²) < 4.78 is 33.3. The molecule has 0 bridgehead atoms. The molecule has 0 radical (unpaired) electrons. The summed E-state index contributed by atoms with van der Waals surface area (Å²) in [5, 5.41) is 12.2. The number of amides is 1. The first kappa shape index (κ1) is 25.3. The van der Waals surface area contributed by atoms with Crippen molar-refractivity contribution in [1.29, 1.82) is 0 Å². The maximum atomic E-state index is 13.7. The van der Waals surface area contributed by atoms with E-state index in [-0.39, 0.29) is 11.7 Å². The quantitative estimate of drug-likeness (QED) is 0.490. The molecule has 1 spiro atoms. The third-order valence-corrected chi connectivity index (χ3v) is 9.86. The zero-order chi connectivity index (χ0) is 26.3. The smallest absolute Gasteiger partial charge is 0.257 e. The molecule has 6 rings (SSSR count).